The highest BCUT2D eigenvalue weighted by Crippen LogP contribution is 2.35. The number of carbonyl (C=O) groups is 2. The summed E-state index contributed by atoms with van der Waals surface area (Å²) >= 11 is 7.71. The first-order valence-electron chi connectivity index (χ1n) is 9.02. The molecule has 0 unspecified atom stereocenters. The molecule has 142 valence electrons. The standard InChI is InChI=1S/C22H19ClN2O2S/c1-14-17(23)8-4-9-18(14)24-21(26)12-19(20-10-5-11-28-20)25-13-15-6-2-3-7-16(15)22(25)27/h2-11,19H,12-13H2,1H3,(H,24,26)/t19-/m1/s1. The van der Waals surface area contributed by atoms with E-state index in [0.717, 1.165) is 21.6 Å². The largest absolute Gasteiger partial charge is 0.326 e. The van der Waals surface area contributed by atoms with Gasteiger partial charge in [-0.15, -0.1) is 11.3 Å². The second-order valence-electron chi connectivity index (χ2n) is 6.79. The summed E-state index contributed by atoms with van der Waals surface area (Å²) in [4.78, 5) is 28.6. The van der Waals surface area contributed by atoms with Gasteiger partial charge in [-0.3, -0.25) is 9.59 Å². The Balaban J connectivity index is 1.57. The second-order valence-corrected chi connectivity index (χ2v) is 8.17. The van der Waals surface area contributed by atoms with Crippen LogP contribution in [0.5, 0.6) is 0 Å². The average Bonchev–Trinajstić information content (AvgIpc) is 3.33. The van der Waals surface area contributed by atoms with Crippen molar-refractivity contribution in [2.24, 2.45) is 0 Å². The van der Waals surface area contributed by atoms with E-state index in [9.17, 15) is 9.59 Å². The first-order valence-corrected chi connectivity index (χ1v) is 10.3. The molecule has 0 radical (unpaired) electrons. The van der Waals surface area contributed by atoms with Gasteiger partial charge < -0.3 is 10.2 Å². The normalized spacial score (nSPS) is 14.1. The van der Waals surface area contributed by atoms with Gasteiger partial charge in [0, 0.05) is 27.7 Å². The predicted octanol–water partition coefficient (Wildman–Crippen LogP) is 5.44. The van der Waals surface area contributed by atoms with Crippen LogP contribution in [0, 0.1) is 6.92 Å². The van der Waals surface area contributed by atoms with Gasteiger partial charge in [0.15, 0.2) is 0 Å². The van der Waals surface area contributed by atoms with Crippen molar-refractivity contribution in [2.75, 3.05) is 5.32 Å². The van der Waals surface area contributed by atoms with Crippen LogP contribution in [0.3, 0.4) is 0 Å². The number of carbonyl (C=O) groups excluding carboxylic acids is 2. The number of amides is 2. The lowest BCUT2D eigenvalue weighted by Crippen LogP contribution is -2.31. The maximum absolute atomic E-state index is 13.0. The number of nitrogens with one attached hydrogen (secondary N) is 1. The van der Waals surface area contributed by atoms with E-state index >= 15 is 0 Å². The van der Waals surface area contributed by atoms with Crippen molar-refractivity contribution in [1.29, 1.82) is 0 Å². The molecular weight excluding hydrogens is 392 g/mol. The molecule has 1 aromatic heterocycles. The fourth-order valence-electron chi connectivity index (χ4n) is 3.49. The zero-order chi connectivity index (χ0) is 19.7. The van der Waals surface area contributed by atoms with Gasteiger partial charge in [0.2, 0.25) is 5.91 Å². The Hall–Kier alpha value is -2.63. The van der Waals surface area contributed by atoms with Crippen LogP contribution in [0.2, 0.25) is 5.02 Å². The van der Waals surface area contributed by atoms with Crippen molar-refractivity contribution < 1.29 is 9.59 Å². The molecular formula is C22H19ClN2O2S. The van der Waals surface area contributed by atoms with E-state index < -0.39 is 0 Å². The highest BCUT2D eigenvalue weighted by molar-refractivity contribution is 7.10. The predicted molar refractivity (Wildman–Crippen MR) is 113 cm³/mol. The summed E-state index contributed by atoms with van der Waals surface area (Å²) in [6, 6.07) is 16.7. The molecule has 2 amide bonds. The lowest BCUT2D eigenvalue weighted by Gasteiger charge is -2.27. The van der Waals surface area contributed by atoms with Crippen LogP contribution >= 0.6 is 22.9 Å². The zero-order valence-electron chi connectivity index (χ0n) is 15.3. The fraction of sp³-hybridized carbons (Fsp3) is 0.182. The first kappa shape index (κ1) is 18.7. The van der Waals surface area contributed by atoms with Crippen molar-refractivity contribution in [1.82, 2.24) is 4.90 Å². The van der Waals surface area contributed by atoms with Crippen LogP contribution in [0.15, 0.2) is 60.0 Å². The highest BCUT2D eigenvalue weighted by Gasteiger charge is 2.34. The number of rotatable bonds is 5. The molecule has 0 aliphatic carbocycles. The smallest absolute Gasteiger partial charge is 0.255 e. The van der Waals surface area contributed by atoms with Gasteiger partial charge in [-0.2, -0.15) is 0 Å². The topological polar surface area (TPSA) is 49.4 Å². The molecule has 1 aliphatic heterocycles. The van der Waals surface area contributed by atoms with Crippen LogP contribution in [0.1, 0.15) is 38.8 Å². The van der Waals surface area contributed by atoms with Gasteiger partial charge in [0.1, 0.15) is 0 Å². The summed E-state index contributed by atoms with van der Waals surface area (Å²) in [7, 11) is 0. The van der Waals surface area contributed by atoms with E-state index in [-0.39, 0.29) is 24.3 Å². The van der Waals surface area contributed by atoms with E-state index in [1.54, 1.807) is 22.3 Å². The summed E-state index contributed by atoms with van der Waals surface area (Å²) in [5.74, 6) is -0.173. The molecule has 6 heteroatoms. The number of hydrogen-bond donors (Lipinski definition) is 1. The number of nitrogens with zero attached hydrogens (tertiary/aromatic N) is 1. The van der Waals surface area contributed by atoms with Gasteiger partial charge >= 0.3 is 0 Å². The van der Waals surface area contributed by atoms with Gasteiger partial charge in [-0.1, -0.05) is 41.9 Å². The Bertz CT molecular complexity index is 1030. The van der Waals surface area contributed by atoms with Gasteiger partial charge in [-0.05, 0) is 47.7 Å². The molecule has 0 bridgehead atoms. The van der Waals surface area contributed by atoms with Crippen LogP contribution in [-0.2, 0) is 11.3 Å². The first-order chi connectivity index (χ1) is 13.5. The maximum Gasteiger partial charge on any atom is 0.255 e. The summed E-state index contributed by atoms with van der Waals surface area (Å²) < 4.78 is 0. The highest BCUT2D eigenvalue weighted by atomic mass is 35.5. The molecule has 0 saturated carbocycles. The third-order valence-electron chi connectivity index (χ3n) is 5.02. The van der Waals surface area contributed by atoms with Gasteiger partial charge in [-0.25, -0.2) is 0 Å². The van der Waals surface area contributed by atoms with Gasteiger partial charge in [0.05, 0.1) is 12.5 Å². The number of fused-ring (bicyclic) bond motifs is 1. The summed E-state index contributed by atoms with van der Waals surface area (Å²) in [6.45, 7) is 2.39. The van der Waals surface area contributed by atoms with E-state index in [0.29, 0.717) is 17.3 Å². The summed E-state index contributed by atoms with van der Waals surface area (Å²) in [5, 5.41) is 5.52. The van der Waals surface area contributed by atoms with E-state index in [4.69, 9.17) is 11.6 Å². The lowest BCUT2D eigenvalue weighted by atomic mass is 10.1. The van der Waals surface area contributed by atoms with Crippen LogP contribution in [0.25, 0.3) is 0 Å². The minimum Gasteiger partial charge on any atom is -0.326 e. The van der Waals surface area contributed by atoms with Crippen molar-refractivity contribution >= 4 is 40.4 Å². The molecule has 4 rings (SSSR count). The molecule has 0 fully saturated rings. The van der Waals surface area contributed by atoms with Crippen LogP contribution in [-0.4, -0.2) is 16.7 Å². The minimum atomic E-state index is -0.306. The Morgan fingerprint density at radius 1 is 1.18 bits per heavy atom. The van der Waals surface area contributed by atoms with Crippen LogP contribution in [0.4, 0.5) is 5.69 Å². The van der Waals surface area contributed by atoms with Crippen molar-refractivity contribution in [2.45, 2.75) is 25.9 Å². The average molecular weight is 411 g/mol. The molecule has 1 N–H and O–H groups in total. The minimum absolute atomic E-state index is 0.0271. The number of benzene rings is 2. The summed E-state index contributed by atoms with van der Waals surface area (Å²) in [5.41, 5.74) is 3.24. The molecule has 0 saturated heterocycles. The number of anilines is 1. The SMILES string of the molecule is Cc1c(Cl)cccc1NC(=O)C[C@H](c1cccs1)N1Cc2ccccc2C1=O. The molecule has 0 spiro atoms. The third-order valence-corrected chi connectivity index (χ3v) is 6.40. The lowest BCUT2D eigenvalue weighted by molar-refractivity contribution is -0.117. The number of thiophene rings is 1. The Morgan fingerprint density at radius 2 is 2.00 bits per heavy atom. The Morgan fingerprint density at radius 3 is 2.75 bits per heavy atom. The number of halogens is 1. The van der Waals surface area contributed by atoms with Crippen LogP contribution < -0.4 is 5.32 Å². The molecule has 1 atom stereocenters. The second kappa shape index (κ2) is 7.78. The molecule has 1 aliphatic rings. The van der Waals surface area contributed by atoms with Crippen molar-refractivity contribution in [3.05, 3.63) is 86.6 Å². The van der Waals surface area contributed by atoms with E-state index in [2.05, 4.69) is 5.32 Å². The monoisotopic (exact) mass is 410 g/mol. The third kappa shape index (κ3) is 3.55. The Kier molecular flexibility index (Phi) is 5.20. The Labute approximate surface area is 172 Å². The maximum atomic E-state index is 13.0. The van der Waals surface area contributed by atoms with E-state index in [1.165, 1.54) is 0 Å². The van der Waals surface area contributed by atoms with Gasteiger partial charge in [0.25, 0.3) is 5.91 Å². The molecule has 2 aromatic carbocycles. The fourth-order valence-corrected chi connectivity index (χ4v) is 4.51. The van der Waals surface area contributed by atoms with E-state index in [1.807, 2.05) is 60.8 Å². The zero-order valence-corrected chi connectivity index (χ0v) is 16.9. The quantitative estimate of drug-likeness (QED) is 0.609. The van der Waals surface area contributed by atoms with Crippen molar-refractivity contribution in [3.8, 4) is 0 Å². The molecule has 4 nitrogen and oxygen atoms in total. The number of hydrogen-bond acceptors (Lipinski definition) is 3. The molecule has 2 heterocycles. The van der Waals surface area contributed by atoms with Crippen molar-refractivity contribution in [3.63, 3.8) is 0 Å². The molecule has 3 aromatic rings. The summed E-state index contributed by atoms with van der Waals surface area (Å²) in [6.07, 6.45) is 0.187. The molecule has 28 heavy (non-hydrogen) atoms.